The van der Waals surface area contributed by atoms with Crippen LogP contribution >= 0.6 is 0 Å². The topological polar surface area (TPSA) is 84.5 Å². The molecule has 0 unspecified atom stereocenters. The highest BCUT2D eigenvalue weighted by atomic mass is 16.5. The summed E-state index contributed by atoms with van der Waals surface area (Å²) in [5.74, 6) is -0.575. The second-order valence-electron chi connectivity index (χ2n) is 5.57. The Balaban J connectivity index is 2.49. The average Bonchev–Trinajstić information content (AvgIpc) is 2.43. The predicted octanol–water partition coefficient (Wildman–Crippen LogP) is 1.46. The normalized spacial score (nSPS) is 10.6. The van der Waals surface area contributed by atoms with Crippen LogP contribution in [0.1, 0.15) is 26.3 Å². The van der Waals surface area contributed by atoms with Gasteiger partial charge in [0.05, 0.1) is 12.0 Å². The van der Waals surface area contributed by atoms with Crippen molar-refractivity contribution in [3.63, 3.8) is 0 Å². The molecule has 0 saturated heterocycles. The summed E-state index contributed by atoms with van der Waals surface area (Å²) in [5, 5.41) is 4.90. The van der Waals surface area contributed by atoms with E-state index in [1.807, 2.05) is 0 Å². The Morgan fingerprint density at radius 1 is 1.19 bits per heavy atom. The summed E-state index contributed by atoms with van der Waals surface area (Å²) in [5.41, 5.74) is 0.912. The number of anilines is 1. The van der Waals surface area contributed by atoms with Crippen LogP contribution in [0.2, 0.25) is 0 Å². The van der Waals surface area contributed by atoms with E-state index >= 15 is 0 Å². The standard InChI is InChI=1S/C15H20N2O4/c1-15(2,3)14(20)21-9-11-4-6-12(7-5-11)17-13(19)8-16-10-18/h4-7,10H,8-9H2,1-3H3,(H,16,18)(H,17,19). The summed E-state index contributed by atoms with van der Waals surface area (Å²) in [6.07, 6.45) is 0.465. The lowest BCUT2D eigenvalue weighted by molar-refractivity contribution is -0.154. The molecule has 0 atom stereocenters. The summed E-state index contributed by atoms with van der Waals surface area (Å²) < 4.78 is 5.19. The molecule has 6 nitrogen and oxygen atoms in total. The van der Waals surface area contributed by atoms with Gasteiger partial charge in [0.25, 0.3) is 0 Å². The summed E-state index contributed by atoms with van der Waals surface area (Å²) in [6, 6.07) is 6.94. The first-order valence-corrected chi connectivity index (χ1v) is 6.56. The van der Waals surface area contributed by atoms with E-state index in [0.717, 1.165) is 5.56 Å². The van der Waals surface area contributed by atoms with E-state index < -0.39 is 5.41 Å². The van der Waals surface area contributed by atoms with E-state index in [2.05, 4.69) is 10.6 Å². The Bertz CT molecular complexity index is 503. The van der Waals surface area contributed by atoms with Crippen LogP contribution in [0.5, 0.6) is 0 Å². The third-order valence-corrected chi connectivity index (χ3v) is 2.57. The zero-order chi connectivity index (χ0) is 15.9. The number of ether oxygens (including phenoxy) is 1. The van der Waals surface area contributed by atoms with E-state index in [0.29, 0.717) is 12.1 Å². The van der Waals surface area contributed by atoms with Crippen LogP contribution in [-0.2, 0) is 25.7 Å². The highest BCUT2D eigenvalue weighted by molar-refractivity contribution is 5.93. The van der Waals surface area contributed by atoms with Gasteiger partial charge in [-0.05, 0) is 38.5 Å². The number of nitrogens with one attached hydrogen (secondary N) is 2. The highest BCUT2D eigenvalue weighted by Crippen LogP contribution is 2.17. The largest absolute Gasteiger partial charge is 0.460 e. The van der Waals surface area contributed by atoms with Crippen molar-refractivity contribution in [3.8, 4) is 0 Å². The van der Waals surface area contributed by atoms with Gasteiger partial charge in [0, 0.05) is 5.69 Å². The summed E-state index contributed by atoms with van der Waals surface area (Å²) in [7, 11) is 0. The van der Waals surface area contributed by atoms with Crippen molar-refractivity contribution in [2.24, 2.45) is 5.41 Å². The maximum absolute atomic E-state index is 11.6. The number of esters is 1. The second-order valence-corrected chi connectivity index (χ2v) is 5.57. The molecule has 6 heteroatoms. The van der Waals surface area contributed by atoms with Crippen molar-refractivity contribution in [1.29, 1.82) is 0 Å². The van der Waals surface area contributed by atoms with E-state index in [1.165, 1.54) is 0 Å². The van der Waals surface area contributed by atoms with Gasteiger partial charge < -0.3 is 15.4 Å². The fourth-order valence-electron chi connectivity index (χ4n) is 1.39. The predicted molar refractivity (Wildman–Crippen MR) is 78.4 cm³/mol. The average molecular weight is 292 g/mol. The Labute approximate surface area is 123 Å². The Hall–Kier alpha value is -2.37. The van der Waals surface area contributed by atoms with Crippen molar-refractivity contribution in [1.82, 2.24) is 5.32 Å². The molecule has 1 rings (SSSR count). The second kappa shape index (κ2) is 7.42. The van der Waals surface area contributed by atoms with E-state index in [1.54, 1.807) is 45.0 Å². The molecule has 2 N–H and O–H groups in total. The van der Waals surface area contributed by atoms with Crippen LogP contribution in [0.15, 0.2) is 24.3 Å². The van der Waals surface area contributed by atoms with Crippen molar-refractivity contribution < 1.29 is 19.1 Å². The van der Waals surface area contributed by atoms with Gasteiger partial charge in [-0.1, -0.05) is 12.1 Å². The number of carbonyl (C=O) groups excluding carboxylic acids is 3. The molecule has 114 valence electrons. The SMILES string of the molecule is CC(C)(C)C(=O)OCc1ccc(NC(=O)CNC=O)cc1. The summed E-state index contributed by atoms with van der Waals surface area (Å²) in [6.45, 7) is 5.50. The summed E-state index contributed by atoms with van der Waals surface area (Å²) in [4.78, 5) is 33.1. The minimum Gasteiger partial charge on any atom is -0.460 e. The van der Waals surface area contributed by atoms with Gasteiger partial charge in [0.2, 0.25) is 12.3 Å². The van der Waals surface area contributed by atoms with Crippen molar-refractivity contribution in [3.05, 3.63) is 29.8 Å². The molecule has 0 aliphatic heterocycles. The zero-order valence-electron chi connectivity index (χ0n) is 12.4. The van der Waals surface area contributed by atoms with Gasteiger partial charge in [-0.25, -0.2) is 0 Å². The smallest absolute Gasteiger partial charge is 0.311 e. The number of amides is 2. The molecule has 0 aliphatic carbocycles. The lowest BCUT2D eigenvalue weighted by Gasteiger charge is -2.16. The van der Waals surface area contributed by atoms with E-state index in [4.69, 9.17) is 4.74 Å². The maximum atomic E-state index is 11.6. The lowest BCUT2D eigenvalue weighted by atomic mass is 9.97. The third kappa shape index (κ3) is 6.07. The fourth-order valence-corrected chi connectivity index (χ4v) is 1.39. The van der Waals surface area contributed by atoms with Gasteiger partial charge in [-0.3, -0.25) is 14.4 Å². The molecule has 1 aromatic carbocycles. The number of benzene rings is 1. The van der Waals surface area contributed by atoms with Crippen LogP contribution in [0, 0.1) is 5.41 Å². The van der Waals surface area contributed by atoms with Crippen LogP contribution < -0.4 is 10.6 Å². The molecule has 0 heterocycles. The molecule has 0 bridgehead atoms. The molecule has 0 spiro atoms. The Kier molecular flexibility index (Phi) is 5.90. The van der Waals surface area contributed by atoms with Gasteiger partial charge in [0.15, 0.2) is 0 Å². The van der Waals surface area contributed by atoms with Crippen molar-refractivity contribution in [2.45, 2.75) is 27.4 Å². The van der Waals surface area contributed by atoms with Crippen LogP contribution in [0.3, 0.4) is 0 Å². The molecule has 2 amide bonds. The first-order valence-electron chi connectivity index (χ1n) is 6.56. The first-order chi connectivity index (χ1) is 9.82. The van der Waals surface area contributed by atoms with E-state index in [9.17, 15) is 14.4 Å². The number of rotatable bonds is 6. The monoisotopic (exact) mass is 292 g/mol. The fraction of sp³-hybridized carbons (Fsp3) is 0.400. The molecular formula is C15H20N2O4. The minimum absolute atomic E-state index is 0.0750. The number of carbonyl (C=O) groups is 3. The molecule has 0 aliphatic rings. The molecule has 0 aromatic heterocycles. The quantitative estimate of drug-likeness (QED) is 0.614. The van der Waals surface area contributed by atoms with Crippen LogP contribution in [0.25, 0.3) is 0 Å². The van der Waals surface area contributed by atoms with Gasteiger partial charge >= 0.3 is 5.97 Å². The molecular weight excluding hydrogens is 272 g/mol. The van der Waals surface area contributed by atoms with Gasteiger partial charge in [-0.2, -0.15) is 0 Å². The minimum atomic E-state index is -0.528. The Morgan fingerprint density at radius 2 is 1.81 bits per heavy atom. The lowest BCUT2D eigenvalue weighted by Crippen LogP contribution is -2.26. The van der Waals surface area contributed by atoms with Crippen molar-refractivity contribution in [2.75, 3.05) is 11.9 Å². The van der Waals surface area contributed by atoms with Gasteiger partial charge in [0.1, 0.15) is 6.61 Å². The number of hydrogen-bond acceptors (Lipinski definition) is 4. The number of hydrogen-bond donors (Lipinski definition) is 2. The Morgan fingerprint density at radius 3 is 2.33 bits per heavy atom. The van der Waals surface area contributed by atoms with E-state index in [-0.39, 0.29) is 25.0 Å². The van der Waals surface area contributed by atoms with Crippen molar-refractivity contribution >= 4 is 24.0 Å². The zero-order valence-corrected chi connectivity index (χ0v) is 12.4. The molecule has 1 aromatic rings. The van der Waals surface area contributed by atoms with Crippen LogP contribution in [-0.4, -0.2) is 24.8 Å². The van der Waals surface area contributed by atoms with Crippen LogP contribution in [0.4, 0.5) is 5.69 Å². The molecule has 0 radical (unpaired) electrons. The molecule has 0 saturated carbocycles. The summed E-state index contributed by atoms with van der Waals surface area (Å²) >= 11 is 0. The molecule has 21 heavy (non-hydrogen) atoms. The first kappa shape index (κ1) is 16.7. The van der Waals surface area contributed by atoms with Gasteiger partial charge in [-0.15, -0.1) is 0 Å². The maximum Gasteiger partial charge on any atom is 0.311 e. The third-order valence-electron chi connectivity index (χ3n) is 2.57. The highest BCUT2D eigenvalue weighted by Gasteiger charge is 2.22. The molecule has 0 fully saturated rings.